The third-order valence-corrected chi connectivity index (χ3v) is 5.23. The average molecular weight is 446 g/mol. The van der Waals surface area contributed by atoms with Crippen LogP contribution in [-0.2, 0) is 11.8 Å². The highest BCUT2D eigenvalue weighted by atomic mass is 16.4. The Bertz CT molecular complexity index is 1410. The molecular formula is C23H18N4O6. The van der Waals surface area contributed by atoms with Crippen molar-refractivity contribution in [2.45, 2.75) is 0 Å². The van der Waals surface area contributed by atoms with Gasteiger partial charge in [0.1, 0.15) is 5.71 Å². The average Bonchev–Trinajstić information content (AvgIpc) is 3.24. The molecule has 3 aromatic rings. The number of hydrazone groups is 1. The van der Waals surface area contributed by atoms with Crippen molar-refractivity contribution in [1.82, 2.24) is 14.8 Å². The van der Waals surface area contributed by atoms with Crippen molar-refractivity contribution in [3.8, 4) is 11.3 Å². The lowest BCUT2D eigenvalue weighted by molar-refractivity contribution is -0.124. The van der Waals surface area contributed by atoms with Gasteiger partial charge in [0.2, 0.25) is 0 Å². The summed E-state index contributed by atoms with van der Waals surface area (Å²) in [4.78, 5) is 47.9. The zero-order valence-electron chi connectivity index (χ0n) is 17.6. The first kappa shape index (κ1) is 21.5. The number of likely N-dealkylation sites (N-methyl/N-ethyl adjacent to an activating group) is 1. The van der Waals surface area contributed by atoms with Crippen LogP contribution in [0.2, 0.25) is 0 Å². The molecule has 0 spiro atoms. The third kappa shape index (κ3) is 3.85. The van der Waals surface area contributed by atoms with Crippen LogP contribution in [0.25, 0.3) is 17.3 Å². The van der Waals surface area contributed by atoms with Gasteiger partial charge < -0.3 is 10.2 Å². The molecule has 0 bridgehead atoms. The second-order valence-corrected chi connectivity index (χ2v) is 7.37. The predicted octanol–water partition coefficient (Wildman–Crippen LogP) is 2.04. The number of amides is 1. The molecule has 166 valence electrons. The van der Waals surface area contributed by atoms with Gasteiger partial charge in [0, 0.05) is 25.2 Å². The van der Waals surface area contributed by atoms with Crippen LogP contribution in [0.5, 0.6) is 0 Å². The van der Waals surface area contributed by atoms with Gasteiger partial charge in [0.05, 0.1) is 28.0 Å². The van der Waals surface area contributed by atoms with Crippen molar-refractivity contribution in [1.29, 1.82) is 0 Å². The quantitative estimate of drug-likeness (QED) is 0.512. The summed E-state index contributed by atoms with van der Waals surface area (Å²) in [6.07, 6.45) is 1.44. The molecule has 0 saturated carbocycles. The molecule has 10 heteroatoms. The summed E-state index contributed by atoms with van der Waals surface area (Å²) in [6, 6.07) is 11.9. The number of H-pyrrole nitrogens is 1. The van der Waals surface area contributed by atoms with Crippen molar-refractivity contribution < 1.29 is 24.6 Å². The molecule has 33 heavy (non-hydrogen) atoms. The first-order valence-corrected chi connectivity index (χ1v) is 9.72. The molecule has 0 radical (unpaired) electrons. The number of carbonyl (C=O) groups is 3. The van der Waals surface area contributed by atoms with Crippen LogP contribution in [0.1, 0.15) is 31.8 Å². The number of nitrogens with one attached hydrogen (secondary N) is 1. The van der Waals surface area contributed by atoms with Crippen molar-refractivity contribution in [2.75, 3.05) is 7.05 Å². The zero-order chi connectivity index (χ0) is 23.9. The maximum Gasteiger partial charge on any atom is 0.335 e. The molecule has 1 aromatic heterocycles. The molecule has 2 aromatic carbocycles. The molecule has 10 nitrogen and oxygen atoms in total. The van der Waals surface area contributed by atoms with E-state index in [0.717, 1.165) is 5.01 Å². The SMILES string of the molecule is CN1N=C(c2ccc(C(=O)O)cc2)/C(=C\c2c(-c3ccc(C(=O)O)cc3)[nH]n(C)c2=O)C1=O. The maximum absolute atomic E-state index is 12.8. The van der Waals surface area contributed by atoms with Gasteiger partial charge in [-0.25, -0.2) is 14.6 Å². The number of carbonyl (C=O) groups excluding carboxylic acids is 1. The van der Waals surface area contributed by atoms with Gasteiger partial charge >= 0.3 is 11.9 Å². The molecular weight excluding hydrogens is 428 g/mol. The Kier molecular flexibility index (Phi) is 5.26. The topological polar surface area (TPSA) is 145 Å². The van der Waals surface area contributed by atoms with Crippen LogP contribution < -0.4 is 5.56 Å². The predicted molar refractivity (Wildman–Crippen MR) is 119 cm³/mol. The van der Waals surface area contributed by atoms with Gasteiger partial charge in [-0.2, -0.15) is 5.10 Å². The van der Waals surface area contributed by atoms with Crippen LogP contribution in [0.3, 0.4) is 0 Å². The van der Waals surface area contributed by atoms with Crippen LogP contribution in [0, 0.1) is 0 Å². The Labute approximate surface area is 186 Å². The van der Waals surface area contributed by atoms with Crippen LogP contribution >= 0.6 is 0 Å². The summed E-state index contributed by atoms with van der Waals surface area (Å²) in [7, 11) is 3.01. The molecule has 1 amide bonds. The summed E-state index contributed by atoms with van der Waals surface area (Å²) < 4.78 is 1.26. The number of aromatic nitrogens is 2. The van der Waals surface area contributed by atoms with E-state index in [1.54, 1.807) is 24.3 Å². The Morgan fingerprint density at radius 3 is 1.91 bits per heavy atom. The van der Waals surface area contributed by atoms with E-state index < -0.39 is 17.8 Å². The van der Waals surface area contributed by atoms with Crippen LogP contribution in [-0.4, -0.2) is 55.6 Å². The molecule has 0 saturated heterocycles. The Morgan fingerprint density at radius 2 is 1.39 bits per heavy atom. The monoisotopic (exact) mass is 446 g/mol. The number of carboxylic acid groups (broad SMARTS) is 2. The van der Waals surface area contributed by atoms with Gasteiger partial charge in [-0.05, 0) is 30.3 Å². The fraction of sp³-hybridized carbons (Fsp3) is 0.0870. The molecule has 0 unspecified atom stereocenters. The van der Waals surface area contributed by atoms with Gasteiger partial charge in [-0.1, -0.05) is 24.3 Å². The summed E-state index contributed by atoms with van der Waals surface area (Å²) in [5.74, 6) is -2.57. The van der Waals surface area contributed by atoms with Gasteiger partial charge in [-0.3, -0.25) is 19.4 Å². The molecule has 2 heterocycles. The zero-order valence-corrected chi connectivity index (χ0v) is 17.6. The van der Waals surface area contributed by atoms with E-state index in [2.05, 4.69) is 10.2 Å². The number of aromatic amines is 1. The fourth-order valence-corrected chi connectivity index (χ4v) is 3.48. The second-order valence-electron chi connectivity index (χ2n) is 7.37. The number of hydrogen-bond acceptors (Lipinski definition) is 5. The van der Waals surface area contributed by atoms with E-state index in [1.165, 1.54) is 49.1 Å². The normalized spacial score (nSPS) is 14.6. The number of benzene rings is 2. The van der Waals surface area contributed by atoms with Crippen LogP contribution in [0.15, 0.2) is 64.0 Å². The van der Waals surface area contributed by atoms with Gasteiger partial charge in [0.15, 0.2) is 0 Å². The highest BCUT2D eigenvalue weighted by molar-refractivity contribution is 6.33. The molecule has 0 aliphatic carbocycles. The molecule has 0 atom stereocenters. The van der Waals surface area contributed by atoms with Crippen molar-refractivity contribution in [3.63, 3.8) is 0 Å². The Balaban J connectivity index is 1.82. The Hall–Kier alpha value is -4.73. The fourth-order valence-electron chi connectivity index (χ4n) is 3.48. The molecule has 1 aliphatic rings. The number of nitrogens with zero attached hydrogens (tertiary/aromatic N) is 3. The number of aryl methyl sites for hydroxylation is 1. The summed E-state index contributed by atoms with van der Waals surface area (Å²) in [6.45, 7) is 0. The molecule has 1 aliphatic heterocycles. The third-order valence-electron chi connectivity index (χ3n) is 5.23. The number of aromatic carboxylic acids is 2. The number of rotatable bonds is 5. The minimum Gasteiger partial charge on any atom is -0.478 e. The van der Waals surface area contributed by atoms with E-state index in [9.17, 15) is 19.2 Å². The lowest BCUT2D eigenvalue weighted by Gasteiger charge is -2.04. The van der Waals surface area contributed by atoms with Gasteiger partial charge in [-0.15, -0.1) is 0 Å². The molecule has 3 N–H and O–H groups in total. The first-order chi connectivity index (χ1) is 15.7. The highest BCUT2D eigenvalue weighted by Crippen LogP contribution is 2.26. The standard InChI is InChI=1S/C23H18N4O6/c1-26-20(28)16(18(24-26)12-3-7-14(8-4-12)22(30)31)11-17-19(25-27(2)21(17)29)13-5-9-15(10-6-13)23(32)33/h3-11,24H,1-2H3,(H,30,31)(H,32,33)/b17-11+. The molecule has 0 fully saturated rings. The second kappa shape index (κ2) is 8.08. The lowest BCUT2D eigenvalue weighted by atomic mass is 9.98. The Morgan fingerprint density at radius 1 is 0.879 bits per heavy atom. The van der Waals surface area contributed by atoms with Gasteiger partial charge in [0.25, 0.3) is 11.5 Å². The summed E-state index contributed by atoms with van der Waals surface area (Å²) >= 11 is 0. The molecule has 4 rings (SSSR count). The van der Waals surface area contributed by atoms with Crippen LogP contribution in [0.4, 0.5) is 0 Å². The lowest BCUT2D eigenvalue weighted by Crippen LogP contribution is -2.18. The van der Waals surface area contributed by atoms with E-state index in [0.29, 0.717) is 22.5 Å². The minimum atomic E-state index is -1.08. The number of carboxylic acids is 2. The van der Waals surface area contributed by atoms with E-state index >= 15 is 0 Å². The summed E-state index contributed by atoms with van der Waals surface area (Å²) in [5.41, 5.74) is 1.97. The van der Waals surface area contributed by atoms with E-state index in [4.69, 9.17) is 10.2 Å². The van der Waals surface area contributed by atoms with E-state index in [-0.39, 0.29) is 27.8 Å². The summed E-state index contributed by atoms with van der Waals surface area (Å²) in [5, 5.41) is 26.6. The van der Waals surface area contributed by atoms with Crippen molar-refractivity contribution in [3.05, 3.63) is 86.7 Å². The van der Waals surface area contributed by atoms with Crippen molar-refractivity contribution in [2.24, 2.45) is 12.1 Å². The first-order valence-electron chi connectivity index (χ1n) is 9.72. The smallest absolute Gasteiger partial charge is 0.335 e. The maximum atomic E-state index is 12.8. The van der Waals surface area contributed by atoms with E-state index in [1.807, 2.05) is 0 Å². The minimum absolute atomic E-state index is 0.0918. The largest absolute Gasteiger partial charge is 0.478 e. The van der Waals surface area contributed by atoms with Crippen molar-refractivity contribution >= 4 is 29.6 Å². The highest BCUT2D eigenvalue weighted by Gasteiger charge is 2.30. The number of hydrogen-bond donors (Lipinski definition) is 3.